The van der Waals surface area contributed by atoms with Crippen molar-refractivity contribution in [3.63, 3.8) is 0 Å². The Balaban J connectivity index is 1.57. The Morgan fingerprint density at radius 2 is 1.97 bits per heavy atom. The topological polar surface area (TPSA) is 54.9 Å². The summed E-state index contributed by atoms with van der Waals surface area (Å²) in [5.74, 6) is 0.710. The van der Waals surface area contributed by atoms with Crippen LogP contribution in [0.3, 0.4) is 0 Å². The van der Waals surface area contributed by atoms with E-state index in [2.05, 4.69) is 30.0 Å². The number of aryl methyl sites for hydroxylation is 1. The van der Waals surface area contributed by atoms with Crippen molar-refractivity contribution < 1.29 is 14.3 Å². The fourth-order valence-electron chi connectivity index (χ4n) is 3.74. The number of anilines is 1. The van der Waals surface area contributed by atoms with Crippen LogP contribution in [0.15, 0.2) is 42.5 Å². The average molecular weight is 440 g/mol. The fraction of sp³-hybridized carbons (Fsp3) is 0.417. The maximum absolute atomic E-state index is 13.4. The molecule has 0 unspecified atom stereocenters. The molecule has 2 aromatic carbocycles. The highest BCUT2D eigenvalue weighted by Crippen LogP contribution is 2.31. The molecule has 2 heterocycles. The second kappa shape index (κ2) is 10.2. The summed E-state index contributed by atoms with van der Waals surface area (Å²) in [6.07, 6.45) is 1.87. The number of amides is 1. The average Bonchev–Trinajstić information content (AvgIpc) is 3.25. The Bertz CT molecular complexity index is 1010. The molecule has 0 saturated carbocycles. The number of thiazole rings is 1. The van der Waals surface area contributed by atoms with Crippen LogP contribution in [0.2, 0.25) is 0 Å². The summed E-state index contributed by atoms with van der Waals surface area (Å²) in [7, 11) is 1.63. The van der Waals surface area contributed by atoms with Gasteiger partial charge in [-0.3, -0.25) is 14.6 Å². The number of carbonyl (C=O) groups excluding carboxylic acids is 1. The molecule has 31 heavy (non-hydrogen) atoms. The summed E-state index contributed by atoms with van der Waals surface area (Å²) in [4.78, 5) is 22.5. The molecule has 164 valence electrons. The number of fused-ring (bicyclic) bond motifs is 1. The number of aromatic nitrogens is 1. The number of hydrogen-bond donors (Lipinski definition) is 0. The molecule has 4 rings (SSSR count). The number of carbonyl (C=O) groups is 1. The standard InChI is InChI=1S/C24H29N3O3S/c1-3-18-5-10-21-22(17-18)31-24(25-21)27(12-4-11-26-13-15-30-16-14-26)23(28)19-6-8-20(29-2)9-7-19/h5-10,17H,3-4,11-16H2,1-2H3. The van der Waals surface area contributed by atoms with E-state index >= 15 is 0 Å². The van der Waals surface area contributed by atoms with Crippen LogP contribution in [-0.2, 0) is 11.2 Å². The van der Waals surface area contributed by atoms with Gasteiger partial charge >= 0.3 is 0 Å². The molecule has 1 fully saturated rings. The summed E-state index contributed by atoms with van der Waals surface area (Å²) < 4.78 is 11.8. The van der Waals surface area contributed by atoms with Crippen molar-refractivity contribution in [3.8, 4) is 5.75 Å². The number of hydrogen-bond acceptors (Lipinski definition) is 6. The lowest BCUT2D eigenvalue weighted by molar-refractivity contribution is 0.0376. The Labute approximate surface area is 187 Å². The number of ether oxygens (including phenoxy) is 2. The van der Waals surface area contributed by atoms with Gasteiger partial charge in [0, 0.05) is 31.7 Å². The van der Waals surface area contributed by atoms with E-state index in [0.717, 1.165) is 66.8 Å². The molecule has 1 aromatic heterocycles. The normalized spacial score (nSPS) is 14.6. The molecule has 1 saturated heterocycles. The van der Waals surface area contributed by atoms with Gasteiger partial charge in [0.2, 0.25) is 0 Å². The van der Waals surface area contributed by atoms with Crippen molar-refractivity contribution in [2.75, 3.05) is 51.4 Å². The van der Waals surface area contributed by atoms with Gasteiger partial charge in [-0.05, 0) is 54.8 Å². The van der Waals surface area contributed by atoms with Crippen LogP contribution in [0.4, 0.5) is 5.13 Å². The highest BCUT2D eigenvalue weighted by molar-refractivity contribution is 7.22. The van der Waals surface area contributed by atoms with E-state index in [1.165, 1.54) is 5.56 Å². The van der Waals surface area contributed by atoms with E-state index in [1.807, 2.05) is 29.2 Å². The van der Waals surface area contributed by atoms with Crippen LogP contribution in [0, 0.1) is 0 Å². The van der Waals surface area contributed by atoms with Crippen molar-refractivity contribution in [1.82, 2.24) is 9.88 Å². The number of morpholine rings is 1. The van der Waals surface area contributed by atoms with Gasteiger partial charge < -0.3 is 9.47 Å². The van der Waals surface area contributed by atoms with Crippen molar-refractivity contribution in [2.45, 2.75) is 19.8 Å². The second-order valence-corrected chi connectivity index (χ2v) is 8.65. The Hall–Kier alpha value is -2.48. The number of nitrogens with zero attached hydrogens (tertiary/aromatic N) is 3. The second-order valence-electron chi connectivity index (χ2n) is 7.64. The number of benzene rings is 2. The lowest BCUT2D eigenvalue weighted by atomic mass is 10.2. The molecule has 0 aliphatic carbocycles. The SMILES string of the molecule is CCc1ccc2nc(N(CCCN3CCOCC3)C(=O)c3ccc(OC)cc3)sc2c1. The fourth-order valence-corrected chi connectivity index (χ4v) is 4.80. The highest BCUT2D eigenvalue weighted by Gasteiger charge is 2.22. The first-order chi connectivity index (χ1) is 15.2. The molecule has 0 radical (unpaired) electrons. The molecule has 1 aliphatic heterocycles. The van der Waals surface area contributed by atoms with Gasteiger partial charge in [-0.2, -0.15) is 0 Å². The summed E-state index contributed by atoms with van der Waals surface area (Å²) in [5, 5.41) is 0.756. The van der Waals surface area contributed by atoms with Gasteiger partial charge in [0.25, 0.3) is 5.91 Å². The van der Waals surface area contributed by atoms with Crippen molar-refractivity contribution in [1.29, 1.82) is 0 Å². The molecule has 7 heteroatoms. The smallest absolute Gasteiger partial charge is 0.260 e. The minimum atomic E-state index is -0.0283. The summed E-state index contributed by atoms with van der Waals surface area (Å²) in [6, 6.07) is 13.6. The third-order valence-corrected chi connectivity index (χ3v) is 6.66. The van der Waals surface area contributed by atoms with E-state index in [0.29, 0.717) is 12.1 Å². The molecule has 0 bridgehead atoms. The summed E-state index contributed by atoms with van der Waals surface area (Å²) in [6.45, 7) is 7.19. The molecular formula is C24H29N3O3S. The van der Waals surface area contributed by atoms with E-state index in [-0.39, 0.29) is 5.91 Å². The summed E-state index contributed by atoms with van der Waals surface area (Å²) in [5.41, 5.74) is 2.86. The van der Waals surface area contributed by atoms with Gasteiger partial charge in [0.05, 0.1) is 30.5 Å². The van der Waals surface area contributed by atoms with Gasteiger partial charge in [0.1, 0.15) is 5.75 Å². The molecule has 6 nitrogen and oxygen atoms in total. The molecule has 0 N–H and O–H groups in total. The van der Waals surface area contributed by atoms with E-state index in [1.54, 1.807) is 18.4 Å². The first-order valence-corrected chi connectivity index (χ1v) is 11.6. The van der Waals surface area contributed by atoms with Crippen LogP contribution < -0.4 is 9.64 Å². The van der Waals surface area contributed by atoms with Crippen LogP contribution in [-0.4, -0.2) is 62.3 Å². The zero-order valence-electron chi connectivity index (χ0n) is 18.2. The lowest BCUT2D eigenvalue weighted by Crippen LogP contribution is -2.39. The first-order valence-electron chi connectivity index (χ1n) is 10.8. The van der Waals surface area contributed by atoms with Crippen LogP contribution >= 0.6 is 11.3 Å². The Morgan fingerprint density at radius 3 is 2.68 bits per heavy atom. The molecule has 3 aromatic rings. The van der Waals surface area contributed by atoms with E-state index in [9.17, 15) is 4.79 Å². The van der Waals surface area contributed by atoms with Crippen LogP contribution in [0.1, 0.15) is 29.3 Å². The third-order valence-electron chi connectivity index (χ3n) is 5.62. The van der Waals surface area contributed by atoms with Gasteiger partial charge in [-0.25, -0.2) is 4.98 Å². The summed E-state index contributed by atoms with van der Waals surface area (Å²) >= 11 is 1.59. The minimum Gasteiger partial charge on any atom is -0.497 e. The van der Waals surface area contributed by atoms with E-state index in [4.69, 9.17) is 14.5 Å². The predicted molar refractivity (Wildman–Crippen MR) is 126 cm³/mol. The number of rotatable bonds is 8. The van der Waals surface area contributed by atoms with Crippen LogP contribution in [0.5, 0.6) is 5.75 Å². The van der Waals surface area contributed by atoms with Crippen molar-refractivity contribution >= 4 is 32.6 Å². The van der Waals surface area contributed by atoms with Crippen LogP contribution in [0.25, 0.3) is 10.2 Å². The Morgan fingerprint density at radius 1 is 1.19 bits per heavy atom. The number of methoxy groups -OCH3 is 1. The molecular weight excluding hydrogens is 410 g/mol. The van der Waals surface area contributed by atoms with E-state index < -0.39 is 0 Å². The monoisotopic (exact) mass is 439 g/mol. The predicted octanol–water partition coefficient (Wildman–Crippen LogP) is 4.24. The highest BCUT2D eigenvalue weighted by atomic mass is 32.1. The molecule has 1 amide bonds. The van der Waals surface area contributed by atoms with Crippen molar-refractivity contribution in [2.24, 2.45) is 0 Å². The maximum atomic E-state index is 13.4. The molecule has 0 atom stereocenters. The maximum Gasteiger partial charge on any atom is 0.260 e. The third kappa shape index (κ3) is 5.23. The van der Waals surface area contributed by atoms with Gasteiger partial charge in [0.15, 0.2) is 5.13 Å². The minimum absolute atomic E-state index is 0.0283. The molecule has 1 aliphatic rings. The van der Waals surface area contributed by atoms with Gasteiger partial charge in [-0.1, -0.05) is 24.3 Å². The Kier molecular flexibility index (Phi) is 7.17. The zero-order valence-corrected chi connectivity index (χ0v) is 19.0. The quantitative estimate of drug-likeness (QED) is 0.526. The largest absolute Gasteiger partial charge is 0.497 e. The first kappa shape index (κ1) is 21.7. The molecule has 0 spiro atoms. The van der Waals surface area contributed by atoms with Gasteiger partial charge in [-0.15, -0.1) is 0 Å². The lowest BCUT2D eigenvalue weighted by Gasteiger charge is -2.27. The van der Waals surface area contributed by atoms with Crippen molar-refractivity contribution in [3.05, 3.63) is 53.6 Å². The zero-order chi connectivity index (χ0) is 21.6.